The maximum absolute atomic E-state index is 2.42. The maximum atomic E-state index is 2.42. The minimum Gasteiger partial charge on any atom is -0.310 e. The van der Waals surface area contributed by atoms with Crippen molar-refractivity contribution in [2.75, 3.05) is 9.80 Å². The summed E-state index contributed by atoms with van der Waals surface area (Å²) in [6, 6.07) is 79.8. The van der Waals surface area contributed by atoms with Gasteiger partial charge in [-0.3, -0.25) is 0 Å². The molecule has 66 heavy (non-hydrogen) atoms. The van der Waals surface area contributed by atoms with E-state index in [1.54, 1.807) is 0 Å². The van der Waals surface area contributed by atoms with Gasteiger partial charge in [-0.25, -0.2) is 0 Å². The summed E-state index contributed by atoms with van der Waals surface area (Å²) in [7, 11) is 0. The molecule has 2 heterocycles. The number of hydrogen-bond donors (Lipinski definition) is 0. The Bertz CT molecular complexity index is 3560. The number of para-hydroxylation sites is 3. The number of fused-ring (bicyclic) bond motifs is 6. The molecule has 0 N–H and O–H groups in total. The summed E-state index contributed by atoms with van der Waals surface area (Å²) < 4.78 is 4.79. The van der Waals surface area contributed by atoms with Crippen LogP contribution in [0.25, 0.3) is 61.3 Å². The summed E-state index contributed by atoms with van der Waals surface area (Å²) >= 11 is 0. The van der Waals surface area contributed by atoms with Crippen LogP contribution in [0.2, 0.25) is 0 Å². The molecule has 0 fully saturated rings. The van der Waals surface area contributed by atoms with Crippen molar-refractivity contribution in [3.63, 3.8) is 0 Å². The Morgan fingerprint density at radius 3 is 1.33 bits per heavy atom. The topological polar surface area (TPSA) is 16.3 Å². The van der Waals surface area contributed by atoms with Gasteiger partial charge in [0, 0.05) is 67.4 Å². The number of hydrogen-bond acceptors (Lipinski definition) is 2. The number of aryl methyl sites for hydroxylation is 3. The fourth-order valence-electron chi connectivity index (χ4n) is 10.1. The van der Waals surface area contributed by atoms with E-state index in [0.29, 0.717) is 0 Å². The third-order valence-corrected chi connectivity index (χ3v) is 13.3. The van der Waals surface area contributed by atoms with Crippen LogP contribution in [0.4, 0.5) is 34.1 Å². The summed E-state index contributed by atoms with van der Waals surface area (Å²) in [5.74, 6) is 0. The van der Waals surface area contributed by atoms with E-state index in [4.69, 9.17) is 0 Å². The van der Waals surface area contributed by atoms with Crippen LogP contribution in [0.15, 0.2) is 224 Å². The number of anilines is 6. The summed E-state index contributed by atoms with van der Waals surface area (Å²) in [5, 5.41) is 3.77. The van der Waals surface area contributed by atoms with Gasteiger partial charge < -0.3 is 18.9 Å². The van der Waals surface area contributed by atoms with Gasteiger partial charge in [0.05, 0.1) is 16.6 Å². The third-order valence-electron chi connectivity index (χ3n) is 13.3. The van der Waals surface area contributed by atoms with E-state index in [1.165, 1.54) is 71.9 Å². The van der Waals surface area contributed by atoms with Crippen molar-refractivity contribution in [2.45, 2.75) is 26.7 Å². The fraction of sp³-hybridized carbons (Fsp3) is 0.0645. The molecule has 2 aromatic heterocycles. The van der Waals surface area contributed by atoms with Crippen LogP contribution in [0, 0.1) is 13.8 Å². The Hall–Kier alpha value is -8.34. The van der Waals surface area contributed by atoms with Crippen molar-refractivity contribution in [2.24, 2.45) is 0 Å². The highest BCUT2D eigenvalue weighted by atomic mass is 15.1. The highest BCUT2D eigenvalue weighted by Gasteiger charge is 2.22. The minimum absolute atomic E-state index is 1.03. The van der Waals surface area contributed by atoms with Crippen molar-refractivity contribution in [3.8, 4) is 22.5 Å². The second-order valence-electron chi connectivity index (χ2n) is 17.5. The zero-order valence-corrected chi connectivity index (χ0v) is 37.1. The first-order valence-corrected chi connectivity index (χ1v) is 23.0. The van der Waals surface area contributed by atoms with E-state index < -0.39 is 0 Å². The molecule has 12 rings (SSSR count). The van der Waals surface area contributed by atoms with E-state index in [9.17, 15) is 0 Å². The van der Waals surface area contributed by atoms with Gasteiger partial charge in [-0.1, -0.05) is 120 Å². The predicted octanol–water partition coefficient (Wildman–Crippen LogP) is 16.9. The number of benzene rings is 9. The molecular formula is C62H48N4. The molecule has 4 nitrogen and oxygen atoms in total. The SMILES string of the molecule is Cc1ccc(N(c2ccc(-c3ccc(N(c4ccc(C)cc4)c4ccc5c(c4)c4ccccc4n5-c4ccccc4)cc3)cc2)c2ccc3c(c2)c2c(n3-c3ccccc3)C=CCC2)cc1. The van der Waals surface area contributed by atoms with Gasteiger partial charge in [-0.15, -0.1) is 0 Å². The van der Waals surface area contributed by atoms with Crippen molar-refractivity contribution in [1.29, 1.82) is 0 Å². The van der Waals surface area contributed by atoms with Crippen LogP contribution >= 0.6 is 0 Å². The molecule has 0 saturated heterocycles. The molecule has 0 atom stereocenters. The van der Waals surface area contributed by atoms with Gasteiger partial charge in [-0.2, -0.15) is 0 Å². The van der Waals surface area contributed by atoms with E-state index in [2.05, 4.69) is 263 Å². The van der Waals surface area contributed by atoms with E-state index in [1.807, 2.05) is 0 Å². The molecule has 0 unspecified atom stereocenters. The summed E-state index contributed by atoms with van der Waals surface area (Å²) in [6.45, 7) is 4.29. The Kier molecular flexibility index (Phi) is 9.72. The number of rotatable bonds is 9. The van der Waals surface area contributed by atoms with Gasteiger partial charge in [0.2, 0.25) is 0 Å². The molecule has 1 aliphatic carbocycles. The summed E-state index contributed by atoms with van der Waals surface area (Å²) in [6.07, 6.45) is 6.70. The Labute approximate surface area is 386 Å². The van der Waals surface area contributed by atoms with Crippen LogP contribution in [-0.4, -0.2) is 9.13 Å². The van der Waals surface area contributed by atoms with Crippen molar-refractivity contribution in [1.82, 2.24) is 9.13 Å². The molecule has 0 radical (unpaired) electrons. The molecule has 316 valence electrons. The van der Waals surface area contributed by atoms with Crippen molar-refractivity contribution < 1.29 is 0 Å². The zero-order valence-electron chi connectivity index (χ0n) is 37.1. The second kappa shape index (κ2) is 16.3. The lowest BCUT2D eigenvalue weighted by atomic mass is 10.00. The lowest BCUT2D eigenvalue weighted by molar-refractivity contribution is 0.967. The fourth-order valence-corrected chi connectivity index (χ4v) is 10.1. The smallest absolute Gasteiger partial charge is 0.0542 e. The highest BCUT2D eigenvalue weighted by molar-refractivity contribution is 6.10. The number of nitrogens with zero attached hydrogens (tertiary/aromatic N) is 4. The first-order chi connectivity index (χ1) is 32.6. The van der Waals surface area contributed by atoms with Crippen molar-refractivity contribution >= 4 is 72.9 Å². The molecule has 0 spiro atoms. The molecule has 1 aliphatic rings. The van der Waals surface area contributed by atoms with Crippen LogP contribution in [0.3, 0.4) is 0 Å². The molecular weight excluding hydrogens is 801 g/mol. The first kappa shape index (κ1) is 39.3. The summed E-state index contributed by atoms with van der Waals surface area (Å²) in [5.41, 5.74) is 20.2. The Morgan fingerprint density at radius 2 is 0.788 bits per heavy atom. The zero-order chi connectivity index (χ0) is 44.1. The van der Waals surface area contributed by atoms with E-state index in [-0.39, 0.29) is 0 Å². The van der Waals surface area contributed by atoms with Crippen LogP contribution in [-0.2, 0) is 6.42 Å². The molecule has 11 aromatic rings. The quantitative estimate of drug-likeness (QED) is 0.144. The van der Waals surface area contributed by atoms with Crippen LogP contribution in [0.5, 0.6) is 0 Å². The highest BCUT2D eigenvalue weighted by Crippen LogP contribution is 2.43. The second-order valence-corrected chi connectivity index (χ2v) is 17.5. The lowest BCUT2D eigenvalue weighted by Crippen LogP contribution is -2.10. The predicted molar refractivity (Wildman–Crippen MR) is 279 cm³/mol. The summed E-state index contributed by atoms with van der Waals surface area (Å²) in [4.78, 5) is 4.77. The number of aromatic nitrogens is 2. The van der Waals surface area contributed by atoms with Crippen LogP contribution < -0.4 is 9.80 Å². The molecule has 4 heteroatoms. The maximum Gasteiger partial charge on any atom is 0.0542 e. The largest absolute Gasteiger partial charge is 0.310 e. The van der Waals surface area contributed by atoms with Crippen LogP contribution in [0.1, 0.15) is 28.8 Å². The molecule has 9 aromatic carbocycles. The molecule has 0 saturated carbocycles. The van der Waals surface area contributed by atoms with E-state index >= 15 is 0 Å². The average Bonchev–Trinajstić information content (AvgIpc) is 3.89. The monoisotopic (exact) mass is 848 g/mol. The van der Waals surface area contributed by atoms with E-state index in [0.717, 1.165) is 52.7 Å². The van der Waals surface area contributed by atoms with Gasteiger partial charge >= 0.3 is 0 Å². The standard InChI is InChI=1S/C62H48N4/c1-43-21-29-49(30-22-43)63(53-37-39-61-57(41-53)55-17-9-11-19-59(55)65(61)47-13-5-3-6-14-47)51-33-25-45(26-34-51)46-27-35-52(36-28-46)64(50-31-23-44(2)24-32-50)54-38-40-62-58(42-54)56-18-10-12-20-60(56)66(62)48-15-7-4-8-16-48/h3-9,11-17,19-42H,10,18H2,1-2H3. The van der Waals surface area contributed by atoms with Gasteiger partial charge in [0.25, 0.3) is 0 Å². The molecule has 0 aliphatic heterocycles. The van der Waals surface area contributed by atoms with Gasteiger partial charge in [0.1, 0.15) is 0 Å². The number of allylic oxidation sites excluding steroid dienone is 1. The van der Waals surface area contributed by atoms with Crippen molar-refractivity contribution in [3.05, 3.63) is 247 Å². The Balaban J connectivity index is 0.906. The van der Waals surface area contributed by atoms with Gasteiger partial charge in [0.15, 0.2) is 0 Å². The average molecular weight is 849 g/mol. The molecule has 0 amide bonds. The minimum atomic E-state index is 1.03. The lowest BCUT2D eigenvalue weighted by Gasteiger charge is -2.26. The third kappa shape index (κ3) is 6.86. The first-order valence-electron chi connectivity index (χ1n) is 23.0. The Morgan fingerprint density at radius 1 is 0.364 bits per heavy atom. The normalized spacial score (nSPS) is 12.2. The van der Waals surface area contributed by atoms with Gasteiger partial charge in [-0.05, 0) is 165 Å². The molecule has 0 bridgehead atoms.